The average Bonchev–Trinajstić information content (AvgIpc) is 2.75. The predicted octanol–water partition coefficient (Wildman–Crippen LogP) is 4.17. The van der Waals surface area contributed by atoms with Crippen molar-refractivity contribution in [1.29, 1.82) is 0 Å². The maximum atomic E-state index is 12.9. The molecule has 1 aliphatic rings. The topological polar surface area (TPSA) is 80.3 Å². The average molecular weight is 479 g/mol. The van der Waals surface area contributed by atoms with Crippen LogP contribution in [0.15, 0.2) is 60.5 Å². The fraction of sp³-hybridized carbons (Fsp3) is 0.520. The van der Waals surface area contributed by atoms with E-state index in [2.05, 4.69) is 13.2 Å². The van der Waals surface area contributed by atoms with E-state index in [1.807, 2.05) is 30.3 Å². The first kappa shape index (κ1) is 27.1. The minimum atomic E-state index is -0.849. The van der Waals surface area contributed by atoms with E-state index in [-0.39, 0.29) is 13.2 Å². The van der Waals surface area contributed by atoms with Crippen molar-refractivity contribution in [2.24, 2.45) is 5.41 Å². The first-order valence-corrected chi connectivity index (χ1v) is 11.7. The standard InChI is InChI=1S/C25H34O7S/c1-7-14-28-16-19-20(30-17(3)26)21(29-15-8-2)22(32-24(27)25(4,5)6)23(31-19)33-18-12-10-9-11-13-18/h7-13,19-23H,1-2,14-16H2,3-6H3/t19-,20+,21+,22-,23+/m1/s1. The Labute approximate surface area is 200 Å². The second-order valence-corrected chi connectivity index (χ2v) is 9.75. The quantitative estimate of drug-likeness (QED) is 0.266. The Balaban J connectivity index is 2.44. The molecule has 1 aromatic rings. The fourth-order valence-electron chi connectivity index (χ4n) is 3.14. The van der Waals surface area contributed by atoms with E-state index < -0.39 is 47.2 Å². The molecule has 1 aromatic carbocycles. The Morgan fingerprint density at radius 3 is 2.27 bits per heavy atom. The molecular weight excluding hydrogens is 444 g/mol. The molecule has 5 atom stereocenters. The molecule has 182 valence electrons. The van der Waals surface area contributed by atoms with Gasteiger partial charge in [0.1, 0.15) is 17.6 Å². The van der Waals surface area contributed by atoms with Crippen molar-refractivity contribution in [2.75, 3.05) is 19.8 Å². The monoisotopic (exact) mass is 478 g/mol. The van der Waals surface area contributed by atoms with Gasteiger partial charge in [-0.2, -0.15) is 0 Å². The van der Waals surface area contributed by atoms with Crippen molar-refractivity contribution in [3.8, 4) is 0 Å². The van der Waals surface area contributed by atoms with E-state index >= 15 is 0 Å². The number of benzene rings is 1. The zero-order valence-electron chi connectivity index (χ0n) is 19.7. The Kier molecular flexibility index (Phi) is 10.6. The molecule has 1 fully saturated rings. The highest BCUT2D eigenvalue weighted by Crippen LogP contribution is 2.38. The third-order valence-electron chi connectivity index (χ3n) is 4.67. The zero-order valence-corrected chi connectivity index (χ0v) is 20.5. The molecule has 8 heteroatoms. The number of ether oxygens (including phenoxy) is 5. The van der Waals surface area contributed by atoms with Crippen molar-refractivity contribution >= 4 is 23.7 Å². The van der Waals surface area contributed by atoms with Crippen LogP contribution in [-0.2, 0) is 33.3 Å². The number of thioether (sulfide) groups is 1. The highest BCUT2D eigenvalue weighted by Gasteiger charge is 2.51. The van der Waals surface area contributed by atoms with E-state index in [9.17, 15) is 9.59 Å². The summed E-state index contributed by atoms with van der Waals surface area (Å²) in [5.41, 5.74) is -1.37. The molecule has 0 aliphatic carbocycles. The van der Waals surface area contributed by atoms with Crippen LogP contribution in [0.5, 0.6) is 0 Å². The van der Waals surface area contributed by atoms with Crippen LogP contribution >= 0.6 is 11.8 Å². The van der Waals surface area contributed by atoms with Crippen molar-refractivity contribution in [2.45, 2.75) is 62.4 Å². The number of hydrogen-bond donors (Lipinski definition) is 0. The van der Waals surface area contributed by atoms with E-state index in [1.54, 1.807) is 32.9 Å². The van der Waals surface area contributed by atoms with Gasteiger partial charge in [0.05, 0.1) is 25.2 Å². The van der Waals surface area contributed by atoms with E-state index in [1.165, 1.54) is 18.7 Å². The Hall–Kier alpha value is -2.13. The van der Waals surface area contributed by atoms with Crippen LogP contribution in [0.25, 0.3) is 0 Å². The smallest absolute Gasteiger partial charge is 0.311 e. The first-order valence-electron chi connectivity index (χ1n) is 10.8. The van der Waals surface area contributed by atoms with Gasteiger partial charge in [0.2, 0.25) is 0 Å². The summed E-state index contributed by atoms with van der Waals surface area (Å²) in [4.78, 5) is 25.7. The maximum Gasteiger partial charge on any atom is 0.311 e. The van der Waals surface area contributed by atoms with Gasteiger partial charge >= 0.3 is 11.9 Å². The lowest BCUT2D eigenvalue weighted by Gasteiger charge is -2.45. The summed E-state index contributed by atoms with van der Waals surface area (Å²) in [5.74, 6) is -0.913. The molecular formula is C25H34O7S. The number of esters is 2. The molecule has 0 N–H and O–H groups in total. The molecule has 1 aliphatic heterocycles. The van der Waals surface area contributed by atoms with Crippen molar-refractivity contribution in [3.63, 3.8) is 0 Å². The summed E-state index contributed by atoms with van der Waals surface area (Å²) < 4.78 is 29.5. The van der Waals surface area contributed by atoms with Gasteiger partial charge in [-0.15, -0.1) is 13.2 Å². The van der Waals surface area contributed by atoms with Crippen LogP contribution in [0.3, 0.4) is 0 Å². The summed E-state index contributed by atoms with van der Waals surface area (Å²) in [7, 11) is 0. The highest BCUT2D eigenvalue weighted by atomic mass is 32.2. The molecule has 2 rings (SSSR count). The van der Waals surface area contributed by atoms with Crippen LogP contribution in [0.1, 0.15) is 27.7 Å². The van der Waals surface area contributed by atoms with Crippen LogP contribution in [0.2, 0.25) is 0 Å². The molecule has 0 saturated carbocycles. The Morgan fingerprint density at radius 2 is 1.70 bits per heavy atom. The molecule has 0 amide bonds. The molecule has 1 heterocycles. The van der Waals surface area contributed by atoms with Crippen molar-refractivity contribution in [3.05, 3.63) is 55.6 Å². The molecule has 0 bridgehead atoms. The van der Waals surface area contributed by atoms with Gasteiger partial charge in [-0.25, -0.2) is 0 Å². The first-order chi connectivity index (χ1) is 15.7. The summed E-state index contributed by atoms with van der Waals surface area (Å²) in [6, 6.07) is 9.63. The SMILES string of the molecule is C=CCOC[C@H]1O[C@@H](Sc2ccccc2)[C@H](OC(=O)C(C)(C)C)[C@@H](OCC=C)[C@H]1OC(C)=O. The number of hydrogen-bond acceptors (Lipinski definition) is 8. The largest absolute Gasteiger partial charge is 0.457 e. The second-order valence-electron chi connectivity index (χ2n) is 8.58. The van der Waals surface area contributed by atoms with Crippen LogP contribution in [-0.4, -0.2) is 61.6 Å². The third-order valence-corrected chi connectivity index (χ3v) is 5.82. The summed E-state index contributed by atoms with van der Waals surface area (Å²) in [6.07, 6.45) is 0.0878. The molecule has 1 saturated heterocycles. The normalized spacial score (nSPS) is 25.2. The Morgan fingerprint density at radius 1 is 1.03 bits per heavy atom. The minimum absolute atomic E-state index is 0.143. The molecule has 33 heavy (non-hydrogen) atoms. The van der Waals surface area contributed by atoms with Gasteiger partial charge in [0, 0.05) is 11.8 Å². The third kappa shape index (κ3) is 8.30. The summed E-state index contributed by atoms with van der Waals surface area (Å²) in [5, 5.41) is 0. The number of carbonyl (C=O) groups is 2. The number of rotatable bonds is 11. The zero-order chi connectivity index (χ0) is 24.4. The second kappa shape index (κ2) is 12.9. The minimum Gasteiger partial charge on any atom is -0.457 e. The molecule has 0 aromatic heterocycles. The van der Waals surface area contributed by atoms with Gasteiger partial charge in [0.15, 0.2) is 12.2 Å². The molecule has 0 spiro atoms. The van der Waals surface area contributed by atoms with Crippen LogP contribution in [0.4, 0.5) is 0 Å². The fourth-order valence-corrected chi connectivity index (χ4v) is 4.26. The van der Waals surface area contributed by atoms with Gasteiger partial charge in [0.25, 0.3) is 0 Å². The van der Waals surface area contributed by atoms with Crippen molar-refractivity contribution in [1.82, 2.24) is 0 Å². The van der Waals surface area contributed by atoms with Gasteiger partial charge in [-0.05, 0) is 32.9 Å². The van der Waals surface area contributed by atoms with E-state index in [0.29, 0.717) is 6.61 Å². The van der Waals surface area contributed by atoms with E-state index in [4.69, 9.17) is 23.7 Å². The van der Waals surface area contributed by atoms with Crippen LogP contribution in [0, 0.1) is 5.41 Å². The van der Waals surface area contributed by atoms with E-state index in [0.717, 1.165) is 4.90 Å². The van der Waals surface area contributed by atoms with Gasteiger partial charge < -0.3 is 23.7 Å². The highest BCUT2D eigenvalue weighted by molar-refractivity contribution is 7.99. The molecule has 7 nitrogen and oxygen atoms in total. The predicted molar refractivity (Wildman–Crippen MR) is 127 cm³/mol. The van der Waals surface area contributed by atoms with Gasteiger partial charge in [-0.3, -0.25) is 9.59 Å². The number of carbonyl (C=O) groups excluding carboxylic acids is 2. The van der Waals surface area contributed by atoms with Crippen molar-refractivity contribution < 1.29 is 33.3 Å². The molecule has 0 unspecified atom stereocenters. The lowest BCUT2D eigenvalue weighted by atomic mass is 9.96. The van der Waals surface area contributed by atoms with Gasteiger partial charge in [-0.1, -0.05) is 42.1 Å². The maximum absolute atomic E-state index is 12.9. The lowest BCUT2D eigenvalue weighted by molar-refractivity contribution is -0.241. The molecule has 0 radical (unpaired) electrons. The Bertz CT molecular complexity index is 790. The lowest BCUT2D eigenvalue weighted by Crippen LogP contribution is -2.61. The summed E-state index contributed by atoms with van der Waals surface area (Å²) in [6.45, 7) is 14.6. The van der Waals surface area contributed by atoms with Crippen LogP contribution < -0.4 is 0 Å². The summed E-state index contributed by atoms with van der Waals surface area (Å²) >= 11 is 1.40.